The number of nitrogens with two attached hydrogens (primary N) is 1. The Morgan fingerprint density at radius 2 is 2.21 bits per heavy atom. The van der Waals surface area contributed by atoms with E-state index in [2.05, 4.69) is 15.4 Å². The molecule has 2 heterocycles. The van der Waals surface area contributed by atoms with Gasteiger partial charge in [0.1, 0.15) is 5.69 Å². The summed E-state index contributed by atoms with van der Waals surface area (Å²) in [4.78, 5) is 16.1. The number of anilines is 1. The first kappa shape index (κ1) is 13.1. The molecular weight excluding hydrogens is 242 g/mol. The van der Waals surface area contributed by atoms with Gasteiger partial charge in [0.2, 0.25) is 0 Å². The maximum atomic E-state index is 12.1. The molecule has 0 spiro atoms. The fourth-order valence-corrected chi connectivity index (χ4v) is 1.90. The highest BCUT2D eigenvalue weighted by Crippen LogP contribution is 2.15. The summed E-state index contributed by atoms with van der Waals surface area (Å²) < 4.78 is 1.50. The molecule has 0 aromatic carbocycles. The van der Waals surface area contributed by atoms with E-state index in [1.165, 1.54) is 4.68 Å². The Morgan fingerprint density at radius 1 is 1.47 bits per heavy atom. The first-order valence-electron chi connectivity index (χ1n) is 5.97. The monoisotopic (exact) mass is 259 g/mol. The van der Waals surface area contributed by atoms with Gasteiger partial charge >= 0.3 is 0 Å². The number of pyridine rings is 1. The molecule has 6 heteroatoms. The van der Waals surface area contributed by atoms with Crippen LogP contribution in [0.25, 0.3) is 0 Å². The van der Waals surface area contributed by atoms with E-state index in [1.807, 2.05) is 13.0 Å². The Kier molecular flexibility index (Phi) is 3.50. The summed E-state index contributed by atoms with van der Waals surface area (Å²) in [7, 11) is 1.70. The Labute approximate surface area is 111 Å². The third-order valence-electron chi connectivity index (χ3n) is 3.06. The SMILES string of the molecule is Cc1cnccc1CNC(=O)c1c(N)c(C)nn1C. The predicted octanol–water partition coefficient (Wildman–Crippen LogP) is 0.944. The maximum Gasteiger partial charge on any atom is 0.271 e. The lowest BCUT2D eigenvalue weighted by Crippen LogP contribution is -2.26. The van der Waals surface area contributed by atoms with Crippen LogP contribution in [0.1, 0.15) is 27.3 Å². The Morgan fingerprint density at radius 3 is 2.79 bits per heavy atom. The predicted molar refractivity (Wildman–Crippen MR) is 72.5 cm³/mol. The lowest BCUT2D eigenvalue weighted by molar-refractivity contribution is 0.0942. The number of carbonyl (C=O) groups excluding carboxylic acids is 1. The first-order chi connectivity index (χ1) is 9.00. The van der Waals surface area contributed by atoms with Crippen LogP contribution in [0.15, 0.2) is 18.5 Å². The smallest absolute Gasteiger partial charge is 0.271 e. The van der Waals surface area contributed by atoms with Gasteiger partial charge in [-0.2, -0.15) is 5.10 Å². The summed E-state index contributed by atoms with van der Waals surface area (Å²) in [5, 5.41) is 6.97. The number of nitrogens with one attached hydrogen (secondary N) is 1. The van der Waals surface area contributed by atoms with Gasteiger partial charge in [0.25, 0.3) is 5.91 Å². The molecule has 0 bridgehead atoms. The van der Waals surface area contributed by atoms with Crippen molar-refractivity contribution in [2.75, 3.05) is 5.73 Å². The van der Waals surface area contributed by atoms with Crippen LogP contribution in [-0.2, 0) is 13.6 Å². The average molecular weight is 259 g/mol. The van der Waals surface area contributed by atoms with Crippen LogP contribution in [0, 0.1) is 13.8 Å². The minimum atomic E-state index is -0.225. The normalized spacial score (nSPS) is 10.5. The molecule has 0 fully saturated rings. The topological polar surface area (TPSA) is 85.8 Å². The number of aryl methyl sites for hydroxylation is 3. The molecule has 2 aromatic rings. The van der Waals surface area contributed by atoms with Crippen molar-refractivity contribution in [3.8, 4) is 0 Å². The highest BCUT2D eigenvalue weighted by molar-refractivity contribution is 5.97. The molecule has 0 unspecified atom stereocenters. The largest absolute Gasteiger partial charge is 0.395 e. The van der Waals surface area contributed by atoms with E-state index in [0.717, 1.165) is 11.1 Å². The maximum absolute atomic E-state index is 12.1. The minimum Gasteiger partial charge on any atom is -0.395 e. The second-order valence-corrected chi connectivity index (χ2v) is 4.46. The van der Waals surface area contributed by atoms with E-state index in [1.54, 1.807) is 26.4 Å². The van der Waals surface area contributed by atoms with Gasteiger partial charge in [-0.05, 0) is 31.0 Å². The van der Waals surface area contributed by atoms with Gasteiger partial charge in [-0.1, -0.05) is 0 Å². The van der Waals surface area contributed by atoms with E-state index >= 15 is 0 Å². The molecule has 3 N–H and O–H groups in total. The van der Waals surface area contributed by atoms with Crippen LogP contribution in [-0.4, -0.2) is 20.7 Å². The molecule has 19 heavy (non-hydrogen) atoms. The van der Waals surface area contributed by atoms with Crippen molar-refractivity contribution in [2.24, 2.45) is 7.05 Å². The van der Waals surface area contributed by atoms with Crippen LogP contribution >= 0.6 is 0 Å². The van der Waals surface area contributed by atoms with Crippen molar-refractivity contribution in [3.05, 3.63) is 41.0 Å². The number of hydrogen-bond acceptors (Lipinski definition) is 4. The second-order valence-electron chi connectivity index (χ2n) is 4.46. The molecule has 0 aliphatic heterocycles. The van der Waals surface area contributed by atoms with E-state index in [-0.39, 0.29) is 5.91 Å². The number of nitrogens with zero attached hydrogens (tertiary/aromatic N) is 3. The number of hydrogen-bond donors (Lipinski definition) is 2. The molecule has 1 amide bonds. The van der Waals surface area contributed by atoms with Gasteiger partial charge in [0.05, 0.1) is 11.4 Å². The average Bonchev–Trinajstić information content (AvgIpc) is 2.62. The summed E-state index contributed by atoms with van der Waals surface area (Å²) in [5.74, 6) is -0.225. The van der Waals surface area contributed by atoms with Crippen LogP contribution < -0.4 is 11.1 Å². The molecule has 0 aliphatic carbocycles. The van der Waals surface area contributed by atoms with Crippen LogP contribution in [0.4, 0.5) is 5.69 Å². The quantitative estimate of drug-likeness (QED) is 0.859. The lowest BCUT2D eigenvalue weighted by atomic mass is 10.1. The minimum absolute atomic E-state index is 0.225. The summed E-state index contributed by atoms with van der Waals surface area (Å²) in [6.45, 7) is 4.17. The van der Waals surface area contributed by atoms with Gasteiger partial charge in [-0.25, -0.2) is 0 Å². The van der Waals surface area contributed by atoms with Crippen molar-refractivity contribution in [1.82, 2.24) is 20.1 Å². The number of amides is 1. The van der Waals surface area contributed by atoms with E-state index in [0.29, 0.717) is 23.6 Å². The zero-order chi connectivity index (χ0) is 14.0. The molecule has 2 aromatic heterocycles. The molecule has 0 saturated carbocycles. The van der Waals surface area contributed by atoms with Crippen molar-refractivity contribution in [3.63, 3.8) is 0 Å². The van der Waals surface area contributed by atoms with Gasteiger partial charge in [0, 0.05) is 26.0 Å². The molecule has 0 radical (unpaired) electrons. The molecule has 100 valence electrons. The molecule has 0 saturated heterocycles. The van der Waals surface area contributed by atoms with E-state index < -0.39 is 0 Å². The third-order valence-corrected chi connectivity index (χ3v) is 3.06. The summed E-state index contributed by atoms with van der Waals surface area (Å²) in [6.07, 6.45) is 3.47. The number of aromatic nitrogens is 3. The first-order valence-corrected chi connectivity index (χ1v) is 5.97. The van der Waals surface area contributed by atoms with Gasteiger partial charge in [-0.3, -0.25) is 14.5 Å². The number of rotatable bonds is 3. The van der Waals surface area contributed by atoms with Crippen LogP contribution in [0.5, 0.6) is 0 Å². The van der Waals surface area contributed by atoms with Crippen molar-refractivity contribution in [1.29, 1.82) is 0 Å². The van der Waals surface area contributed by atoms with Gasteiger partial charge in [-0.15, -0.1) is 0 Å². The lowest BCUT2D eigenvalue weighted by Gasteiger charge is -2.08. The second kappa shape index (κ2) is 5.09. The molecule has 0 atom stereocenters. The zero-order valence-corrected chi connectivity index (χ0v) is 11.3. The fraction of sp³-hybridized carbons (Fsp3) is 0.308. The number of carbonyl (C=O) groups is 1. The van der Waals surface area contributed by atoms with Crippen molar-refractivity contribution >= 4 is 11.6 Å². The van der Waals surface area contributed by atoms with Gasteiger partial charge in [0.15, 0.2) is 0 Å². The standard InChI is InChI=1S/C13H17N5O/c1-8-6-15-5-4-10(8)7-16-13(19)12-11(14)9(2)17-18(12)3/h4-6H,7,14H2,1-3H3,(H,16,19). The fourth-order valence-electron chi connectivity index (χ4n) is 1.90. The highest BCUT2D eigenvalue weighted by Gasteiger charge is 2.17. The van der Waals surface area contributed by atoms with Crippen LogP contribution in [0.2, 0.25) is 0 Å². The Bertz CT molecular complexity index is 617. The molecule has 0 aliphatic rings. The summed E-state index contributed by atoms with van der Waals surface area (Å²) in [5.41, 5.74) is 9.39. The van der Waals surface area contributed by atoms with Crippen molar-refractivity contribution in [2.45, 2.75) is 20.4 Å². The number of nitrogen functional groups attached to an aromatic ring is 1. The summed E-state index contributed by atoms with van der Waals surface area (Å²) in [6, 6.07) is 1.88. The molecular formula is C13H17N5O. The van der Waals surface area contributed by atoms with Crippen LogP contribution in [0.3, 0.4) is 0 Å². The zero-order valence-electron chi connectivity index (χ0n) is 11.3. The Hall–Kier alpha value is -2.37. The highest BCUT2D eigenvalue weighted by atomic mass is 16.2. The molecule has 6 nitrogen and oxygen atoms in total. The van der Waals surface area contributed by atoms with Crippen molar-refractivity contribution < 1.29 is 4.79 Å². The Balaban J connectivity index is 2.12. The van der Waals surface area contributed by atoms with E-state index in [9.17, 15) is 4.79 Å². The van der Waals surface area contributed by atoms with E-state index in [4.69, 9.17) is 5.73 Å². The third kappa shape index (κ3) is 2.57. The molecule has 2 rings (SSSR count). The van der Waals surface area contributed by atoms with Gasteiger partial charge < -0.3 is 11.1 Å². The summed E-state index contributed by atoms with van der Waals surface area (Å²) >= 11 is 0.